The number of ether oxygens (including phenoxy) is 1. The molecule has 0 spiro atoms. The monoisotopic (exact) mass is 477 g/mol. The zero-order valence-electron chi connectivity index (χ0n) is 18.1. The number of hydrogen-bond acceptors (Lipinski definition) is 6. The molecule has 0 unspecified atom stereocenters. The highest BCUT2D eigenvalue weighted by Gasteiger charge is 2.18. The fourth-order valence-corrected chi connectivity index (χ4v) is 3.52. The lowest BCUT2D eigenvalue weighted by Gasteiger charge is -2.09. The van der Waals surface area contributed by atoms with Gasteiger partial charge in [0.2, 0.25) is 0 Å². The maximum Gasteiger partial charge on any atom is 0.411 e. The number of carboxylic acid groups (broad SMARTS) is 1. The first-order valence-corrected chi connectivity index (χ1v) is 10.7. The molecule has 0 radical (unpaired) electrons. The van der Waals surface area contributed by atoms with Crippen LogP contribution in [0, 0.1) is 6.92 Å². The van der Waals surface area contributed by atoms with Gasteiger partial charge in [0, 0.05) is 28.8 Å². The van der Waals surface area contributed by atoms with Crippen LogP contribution < -0.4 is 5.32 Å². The zero-order chi connectivity index (χ0) is 24.1. The van der Waals surface area contributed by atoms with Crippen LogP contribution in [0.5, 0.6) is 0 Å². The number of hydrogen-bond donors (Lipinski definition) is 2. The maximum atomic E-state index is 12.4. The molecule has 34 heavy (non-hydrogen) atoms. The first-order valence-electron chi connectivity index (χ1n) is 10.4. The molecule has 4 aromatic rings. The number of pyridine rings is 1. The van der Waals surface area contributed by atoms with Gasteiger partial charge in [0.1, 0.15) is 11.4 Å². The van der Waals surface area contributed by atoms with Crippen molar-refractivity contribution < 1.29 is 24.0 Å². The van der Waals surface area contributed by atoms with Crippen molar-refractivity contribution in [1.29, 1.82) is 0 Å². The van der Waals surface area contributed by atoms with Crippen LogP contribution in [0.3, 0.4) is 0 Å². The van der Waals surface area contributed by atoms with Crippen molar-refractivity contribution in [2.45, 2.75) is 13.3 Å². The van der Waals surface area contributed by atoms with E-state index in [4.69, 9.17) is 26.0 Å². The number of aryl methyl sites for hydroxylation is 1. The Morgan fingerprint density at radius 2 is 1.79 bits per heavy atom. The van der Waals surface area contributed by atoms with Crippen molar-refractivity contribution in [1.82, 2.24) is 10.1 Å². The number of amides is 1. The molecule has 2 heterocycles. The lowest BCUT2D eigenvalue weighted by molar-refractivity contribution is 0.0696. The number of anilines is 1. The second-order valence-corrected chi connectivity index (χ2v) is 7.80. The molecule has 8 nitrogen and oxygen atoms in total. The van der Waals surface area contributed by atoms with Gasteiger partial charge in [-0.25, -0.2) is 9.59 Å². The Morgan fingerprint density at radius 1 is 1.06 bits per heavy atom. The van der Waals surface area contributed by atoms with Crippen LogP contribution in [-0.2, 0) is 11.2 Å². The summed E-state index contributed by atoms with van der Waals surface area (Å²) in [5.41, 5.74) is 4.06. The van der Waals surface area contributed by atoms with Gasteiger partial charge < -0.3 is 14.4 Å². The van der Waals surface area contributed by atoms with E-state index in [1.807, 2.05) is 30.3 Å². The number of nitrogens with zero attached hydrogens (tertiary/aromatic N) is 2. The Kier molecular flexibility index (Phi) is 6.89. The van der Waals surface area contributed by atoms with Crippen LogP contribution in [0.2, 0.25) is 5.02 Å². The molecule has 1 amide bonds. The Bertz CT molecular complexity index is 1320. The summed E-state index contributed by atoms with van der Waals surface area (Å²) in [7, 11) is 0. The number of carbonyl (C=O) groups excluding carboxylic acids is 1. The Balaban J connectivity index is 1.43. The van der Waals surface area contributed by atoms with E-state index in [0.717, 1.165) is 11.1 Å². The molecule has 4 rings (SSSR count). The summed E-state index contributed by atoms with van der Waals surface area (Å²) in [6.07, 6.45) is 1.18. The number of rotatable bonds is 7. The molecular weight excluding hydrogens is 458 g/mol. The molecule has 2 aromatic heterocycles. The molecule has 9 heteroatoms. The SMILES string of the molecule is Cc1noc(-c2ccc(-c3ccc(C(=O)O)cn3)cc2)c1NC(=O)OCCc1ccccc1Cl. The van der Waals surface area contributed by atoms with Gasteiger partial charge in [-0.3, -0.25) is 10.3 Å². The molecule has 172 valence electrons. The summed E-state index contributed by atoms with van der Waals surface area (Å²) in [4.78, 5) is 27.5. The minimum absolute atomic E-state index is 0.118. The van der Waals surface area contributed by atoms with Gasteiger partial charge in [-0.15, -0.1) is 0 Å². The zero-order valence-corrected chi connectivity index (χ0v) is 18.9. The van der Waals surface area contributed by atoms with Crippen LogP contribution >= 0.6 is 11.6 Å². The number of carboxylic acids is 1. The van der Waals surface area contributed by atoms with E-state index in [1.165, 1.54) is 12.3 Å². The number of benzene rings is 2. The van der Waals surface area contributed by atoms with E-state index >= 15 is 0 Å². The predicted molar refractivity (Wildman–Crippen MR) is 127 cm³/mol. The van der Waals surface area contributed by atoms with Crippen LogP contribution in [0.1, 0.15) is 21.6 Å². The fourth-order valence-electron chi connectivity index (χ4n) is 3.29. The first-order chi connectivity index (χ1) is 16.4. The summed E-state index contributed by atoms with van der Waals surface area (Å²) < 4.78 is 10.7. The van der Waals surface area contributed by atoms with Gasteiger partial charge in [-0.2, -0.15) is 0 Å². The largest absolute Gasteiger partial charge is 0.478 e. The van der Waals surface area contributed by atoms with E-state index < -0.39 is 12.1 Å². The van der Waals surface area contributed by atoms with Crippen molar-refractivity contribution in [3.8, 4) is 22.6 Å². The highest BCUT2D eigenvalue weighted by atomic mass is 35.5. The third kappa shape index (κ3) is 5.24. The lowest BCUT2D eigenvalue weighted by atomic mass is 10.1. The Morgan fingerprint density at radius 3 is 2.47 bits per heavy atom. The quantitative estimate of drug-likeness (QED) is 0.343. The van der Waals surface area contributed by atoms with Gasteiger partial charge in [-0.1, -0.05) is 59.2 Å². The average Bonchev–Trinajstić information content (AvgIpc) is 3.20. The second kappa shape index (κ2) is 10.2. The van der Waals surface area contributed by atoms with E-state index in [-0.39, 0.29) is 12.2 Å². The van der Waals surface area contributed by atoms with E-state index in [9.17, 15) is 9.59 Å². The topological polar surface area (TPSA) is 115 Å². The number of aromatic carboxylic acids is 1. The number of carbonyl (C=O) groups is 2. The molecule has 0 aliphatic heterocycles. The van der Waals surface area contributed by atoms with E-state index in [0.29, 0.717) is 39.8 Å². The Labute approximate surface area is 200 Å². The van der Waals surface area contributed by atoms with Crippen molar-refractivity contribution >= 4 is 29.4 Å². The maximum absolute atomic E-state index is 12.4. The highest BCUT2D eigenvalue weighted by molar-refractivity contribution is 6.31. The summed E-state index contributed by atoms with van der Waals surface area (Å²) >= 11 is 6.13. The van der Waals surface area contributed by atoms with Crippen molar-refractivity contribution in [2.24, 2.45) is 0 Å². The Hall–Kier alpha value is -4.17. The second-order valence-electron chi connectivity index (χ2n) is 7.39. The fraction of sp³-hybridized carbons (Fsp3) is 0.120. The first kappa shape index (κ1) is 23.0. The summed E-state index contributed by atoms with van der Waals surface area (Å²) in [6.45, 7) is 1.88. The third-order valence-corrected chi connectivity index (χ3v) is 5.47. The average molecular weight is 478 g/mol. The lowest BCUT2D eigenvalue weighted by Crippen LogP contribution is -2.16. The minimum atomic E-state index is -1.03. The molecule has 0 atom stereocenters. The van der Waals surface area contributed by atoms with Gasteiger partial charge >= 0.3 is 12.1 Å². The number of nitrogens with one attached hydrogen (secondary N) is 1. The molecule has 2 N–H and O–H groups in total. The summed E-state index contributed by atoms with van der Waals surface area (Å²) in [5, 5.41) is 16.3. The molecule has 0 fully saturated rings. The van der Waals surface area contributed by atoms with Crippen LogP contribution in [-0.4, -0.2) is 33.9 Å². The minimum Gasteiger partial charge on any atom is -0.478 e. The van der Waals surface area contributed by atoms with Gasteiger partial charge in [0.25, 0.3) is 0 Å². The summed E-state index contributed by atoms with van der Waals surface area (Å²) in [5.74, 6) is -0.640. The normalized spacial score (nSPS) is 10.6. The van der Waals surface area contributed by atoms with Crippen molar-refractivity contribution in [3.05, 3.63) is 88.7 Å². The van der Waals surface area contributed by atoms with Gasteiger partial charge in [0.15, 0.2) is 5.76 Å². The van der Waals surface area contributed by atoms with Crippen LogP contribution in [0.4, 0.5) is 10.5 Å². The number of halogens is 1. The molecule has 0 aliphatic rings. The summed E-state index contributed by atoms with van der Waals surface area (Å²) in [6, 6.07) is 17.8. The molecule has 0 saturated heterocycles. The smallest absolute Gasteiger partial charge is 0.411 e. The van der Waals surface area contributed by atoms with E-state index in [2.05, 4.69) is 15.5 Å². The van der Waals surface area contributed by atoms with Gasteiger partial charge in [-0.05, 0) is 30.7 Å². The van der Waals surface area contributed by atoms with Crippen molar-refractivity contribution in [3.63, 3.8) is 0 Å². The highest BCUT2D eigenvalue weighted by Crippen LogP contribution is 2.32. The van der Waals surface area contributed by atoms with E-state index in [1.54, 1.807) is 31.2 Å². The third-order valence-electron chi connectivity index (χ3n) is 5.11. The predicted octanol–water partition coefficient (Wildman–Crippen LogP) is 5.85. The molecular formula is C25H20ClN3O5. The standard InChI is InChI=1S/C25H20ClN3O5/c1-15-22(28-25(32)33-13-12-16-4-2-3-5-20(16)26)23(34-29-15)18-8-6-17(7-9-18)21-11-10-19(14-27-21)24(30)31/h2-11,14H,12-13H2,1H3,(H,28,32)(H,30,31). The molecule has 0 bridgehead atoms. The molecule has 2 aromatic carbocycles. The van der Waals surface area contributed by atoms with Crippen LogP contribution in [0.25, 0.3) is 22.6 Å². The molecule has 0 aliphatic carbocycles. The van der Waals surface area contributed by atoms with Gasteiger partial charge in [0.05, 0.1) is 17.9 Å². The number of aromatic nitrogens is 2. The van der Waals surface area contributed by atoms with Crippen molar-refractivity contribution in [2.75, 3.05) is 11.9 Å². The molecule has 0 saturated carbocycles. The van der Waals surface area contributed by atoms with Crippen LogP contribution in [0.15, 0.2) is 71.4 Å².